The Morgan fingerprint density at radius 1 is 1.15 bits per heavy atom. The maximum absolute atomic E-state index is 5.19. The first kappa shape index (κ1) is 23.3. The molecular weight excluding hydrogens is 453 g/mol. The molecule has 0 spiro atoms. The molecule has 1 heterocycles. The fourth-order valence-electron chi connectivity index (χ4n) is 2.92. The molecule has 0 fully saturated rings. The zero-order valence-corrected chi connectivity index (χ0v) is 19.3. The second-order valence-corrected chi connectivity index (χ2v) is 6.31. The molecule has 0 aliphatic carbocycles. The minimum Gasteiger partial charge on any atom is -0.497 e. The van der Waals surface area contributed by atoms with Crippen LogP contribution in [0.1, 0.15) is 29.4 Å². The van der Waals surface area contributed by atoms with E-state index < -0.39 is 0 Å². The molecule has 0 bridgehead atoms. The van der Waals surface area contributed by atoms with Gasteiger partial charge in [0.1, 0.15) is 5.75 Å². The second kappa shape index (κ2) is 11.8. The van der Waals surface area contributed by atoms with Gasteiger partial charge >= 0.3 is 0 Å². The summed E-state index contributed by atoms with van der Waals surface area (Å²) in [6.45, 7) is 8.67. The zero-order valence-electron chi connectivity index (χ0n) is 17.0. The number of hydrogen-bond donors (Lipinski definition) is 2. The first-order valence-corrected chi connectivity index (χ1v) is 9.19. The average Bonchev–Trinajstić information content (AvgIpc) is 2.88. The molecule has 27 heavy (non-hydrogen) atoms. The lowest BCUT2D eigenvalue weighted by molar-refractivity contribution is 0.414. The van der Waals surface area contributed by atoms with E-state index in [2.05, 4.69) is 48.6 Å². The van der Waals surface area contributed by atoms with E-state index in [9.17, 15) is 0 Å². The van der Waals surface area contributed by atoms with Crippen molar-refractivity contribution in [1.82, 2.24) is 20.4 Å². The Morgan fingerprint density at radius 2 is 1.85 bits per heavy atom. The van der Waals surface area contributed by atoms with Crippen molar-refractivity contribution in [3.05, 3.63) is 46.8 Å². The van der Waals surface area contributed by atoms with Crippen molar-refractivity contribution in [3.8, 4) is 5.75 Å². The molecule has 2 N–H and O–H groups in total. The Morgan fingerprint density at radius 3 is 2.41 bits per heavy atom. The maximum Gasteiger partial charge on any atom is 0.191 e. The van der Waals surface area contributed by atoms with E-state index in [0.717, 1.165) is 49.9 Å². The zero-order chi connectivity index (χ0) is 18.9. The van der Waals surface area contributed by atoms with Crippen LogP contribution in [0.4, 0.5) is 0 Å². The van der Waals surface area contributed by atoms with E-state index in [0.29, 0.717) is 0 Å². The summed E-state index contributed by atoms with van der Waals surface area (Å²) in [5, 5.41) is 11.2. The molecule has 0 amide bonds. The molecule has 0 saturated carbocycles. The summed E-state index contributed by atoms with van der Waals surface area (Å²) in [7, 11) is 3.67. The number of nitrogens with zero attached hydrogens (tertiary/aromatic N) is 3. The van der Waals surface area contributed by atoms with Gasteiger partial charge in [-0.15, -0.1) is 24.0 Å². The number of ether oxygens (including phenoxy) is 1. The Balaban J connectivity index is 0.00000364. The van der Waals surface area contributed by atoms with Crippen LogP contribution < -0.4 is 15.4 Å². The molecule has 1 aromatic heterocycles. The Labute approximate surface area is 179 Å². The standard InChI is InChI=1S/C20H31N5O.HI/c1-6-21-20(22-13-11-17-7-9-18(26-5)10-8-17)23-14-12-19-15(2)24-25(4)16(19)3;/h7-10H,6,11-14H2,1-5H3,(H2,21,22,23);1H. The van der Waals surface area contributed by atoms with Crippen molar-refractivity contribution >= 4 is 29.9 Å². The molecule has 1 aromatic carbocycles. The molecule has 2 rings (SSSR count). The number of aromatic nitrogens is 2. The highest BCUT2D eigenvalue weighted by Crippen LogP contribution is 2.12. The van der Waals surface area contributed by atoms with E-state index in [1.54, 1.807) is 7.11 Å². The first-order valence-electron chi connectivity index (χ1n) is 9.19. The number of guanidine groups is 1. The molecule has 0 aliphatic rings. The van der Waals surface area contributed by atoms with Gasteiger partial charge in [-0.2, -0.15) is 5.10 Å². The normalized spacial score (nSPS) is 11.1. The van der Waals surface area contributed by atoms with Crippen LogP contribution in [0.5, 0.6) is 5.75 Å². The molecular formula is C20H32IN5O. The summed E-state index contributed by atoms with van der Waals surface area (Å²) in [5.74, 6) is 1.75. The monoisotopic (exact) mass is 485 g/mol. The van der Waals surface area contributed by atoms with E-state index in [1.165, 1.54) is 16.8 Å². The summed E-state index contributed by atoms with van der Waals surface area (Å²) in [6.07, 6.45) is 1.84. The van der Waals surface area contributed by atoms with Crippen LogP contribution >= 0.6 is 24.0 Å². The summed E-state index contributed by atoms with van der Waals surface area (Å²) in [4.78, 5) is 4.70. The van der Waals surface area contributed by atoms with Crippen molar-refractivity contribution in [3.63, 3.8) is 0 Å². The Bertz CT molecular complexity index is 725. The summed E-state index contributed by atoms with van der Waals surface area (Å²) in [6, 6.07) is 8.18. The lowest BCUT2D eigenvalue weighted by Crippen LogP contribution is -2.38. The van der Waals surface area contributed by atoms with Gasteiger partial charge in [-0.25, -0.2) is 0 Å². The van der Waals surface area contributed by atoms with Crippen molar-refractivity contribution in [1.29, 1.82) is 0 Å². The van der Waals surface area contributed by atoms with Crippen LogP contribution in [0.15, 0.2) is 29.3 Å². The van der Waals surface area contributed by atoms with Crippen molar-refractivity contribution in [2.24, 2.45) is 12.0 Å². The van der Waals surface area contributed by atoms with E-state index in [-0.39, 0.29) is 24.0 Å². The highest BCUT2D eigenvalue weighted by molar-refractivity contribution is 14.0. The SMILES string of the molecule is CCNC(=NCCc1c(C)nn(C)c1C)NCCc1ccc(OC)cc1.I. The third-order valence-electron chi connectivity index (χ3n) is 4.50. The number of hydrogen-bond acceptors (Lipinski definition) is 3. The van der Waals surface area contributed by atoms with Crippen LogP contribution in [0.25, 0.3) is 0 Å². The topological polar surface area (TPSA) is 63.5 Å². The van der Waals surface area contributed by atoms with Gasteiger partial charge in [0, 0.05) is 32.4 Å². The van der Waals surface area contributed by atoms with Gasteiger partial charge in [0.2, 0.25) is 0 Å². The third-order valence-corrected chi connectivity index (χ3v) is 4.50. The fraction of sp³-hybridized carbons (Fsp3) is 0.500. The number of halogens is 1. The number of rotatable bonds is 8. The minimum absolute atomic E-state index is 0. The molecule has 2 aromatic rings. The largest absolute Gasteiger partial charge is 0.497 e. The fourth-order valence-corrected chi connectivity index (χ4v) is 2.92. The number of benzene rings is 1. The highest BCUT2D eigenvalue weighted by atomic mass is 127. The number of aliphatic imine (C=N–C) groups is 1. The minimum atomic E-state index is 0. The lowest BCUT2D eigenvalue weighted by Gasteiger charge is -2.11. The van der Waals surface area contributed by atoms with Gasteiger partial charge in [0.25, 0.3) is 0 Å². The quantitative estimate of drug-likeness (QED) is 0.343. The summed E-state index contributed by atoms with van der Waals surface area (Å²) in [5.41, 5.74) is 4.88. The van der Waals surface area contributed by atoms with E-state index >= 15 is 0 Å². The predicted molar refractivity (Wildman–Crippen MR) is 122 cm³/mol. The molecule has 0 aliphatic heterocycles. The van der Waals surface area contributed by atoms with Crippen molar-refractivity contribution < 1.29 is 4.74 Å². The van der Waals surface area contributed by atoms with E-state index in [4.69, 9.17) is 9.73 Å². The number of aryl methyl sites for hydroxylation is 2. The van der Waals surface area contributed by atoms with Gasteiger partial charge < -0.3 is 15.4 Å². The average molecular weight is 485 g/mol. The molecule has 0 atom stereocenters. The summed E-state index contributed by atoms with van der Waals surface area (Å²) >= 11 is 0. The second-order valence-electron chi connectivity index (χ2n) is 6.31. The van der Waals surface area contributed by atoms with Crippen molar-refractivity contribution in [2.45, 2.75) is 33.6 Å². The molecule has 0 unspecified atom stereocenters. The highest BCUT2D eigenvalue weighted by Gasteiger charge is 2.08. The van der Waals surface area contributed by atoms with Gasteiger partial charge in [0.15, 0.2) is 5.96 Å². The maximum atomic E-state index is 5.19. The number of methoxy groups -OCH3 is 1. The van der Waals surface area contributed by atoms with Gasteiger partial charge in [-0.1, -0.05) is 12.1 Å². The van der Waals surface area contributed by atoms with E-state index in [1.807, 2.05) is 23.9 Å². The van der Waals surface area contributed by atoms with Crippen LogP contribution in [-0.2, 0) is 19.9 Å². The number of nitrogens with one attached hydrogen (secondary N) is 2. The van der Waals surface area contributed by atoms with Crippen LogP contribution in [-0.4, -0.2) is 42.5 Å². The van der Waals surface area contributed by atoms with Gasteiger partial charge in [-0.05, 0) is 56.9 Å². The molecule has 6 nitrogen and oxygen atoms in total. The molecule has 0 saturated heterocycles. The van der Waals surface area contributed by atoms with Crippen molar-refractivity contribution in [2.75, 3.05) is 26.7 Å². The predicted octanol–water partition coefficient (Wildman–Crippen LogP) is 3.00. The molecule has 150 valence electrons. The molecule has 0 radical (unpaired) electrons. The van der Waals surface area contributed by atoms with Gasteiger partial charge in [0.05, 0.1) is 12.8 Å². The smallest absolute Gasteiger partial charge is 0.191 e. The van der Waals surface area contributed by atoms with Gasteiger partial charge in [-0.3, -0.25) is 9.67 Å². The van der Waals surface area contributed by atoms with Crippen LogP contribution in [0.2, 0.25) is 0 Å². The molecule has 7 heteroatoms. The third kappa shape index (κ3) is 7.04. The Hall–Kier alpha value is -1.77. The van der Waals surface area contributed by atoms with Crippen LogP contribution in [0.3, 0.4) is 0 Å². The Kier molecular flexibility index (Phi) is 10.2. The first-order chi connectivity index (χ1) is 12.5. The lowest BCUT2D eigenvalue weighted by atomic mass is 10.1. The van der Waals surface area contributed by atoms with Crippen LogP contribution in [0, 0.1) is 13.8 Å². The summed E-state index contributed by atoms with van der Waals surface area (Å²) < 4.78 is 7.13.